The van der Waals surface area contributed by atoms with Gasteiger partial charge in [0.2, 0.25) is 0 Å². The zero-order valence-electron chi connectivity index (χ0n) is 10.7. The maximum atomic E-state index is 6.34. The first-order valence-corrected chi connectivity index (χ1v) is 6.58. The molecule has 0 aliphatic carbocycles. The summed E-state index contributed by atoms with van der Waals surface area (Å²) in [6.45, 7) is 4.88. The van der Waals surface area contributed by atoms with Crippen molar-refractivity contribution in [3.05, 3.63) is 40.6 Å². The van der Waals surface area contributed by atoms with Gasteiger partial charge in [-0.3, -0.25) is 4.68 Å². The smallest absolute Gasteiger partial charge is 0.120 e. The second-order valence-electron chi connectivity index (χ2n) is 4.20. The average Bonchev–Trinajstić information content (AvgIpc) is 2.99. The molecule has 0 aliphatic heterocycles. The van der Waals surface area contributed by atoms with Crippen LogP contribution in [0.3, 0.4) is 0 Å². The predicted molar refractivity (Wildman–Crippen MR) is 71.6 cm³/mol. The summed E-state index contributed by atoms with van der Waals surface area (Å²) in [7, 11) is 0. The normalized spacial score (nSPS) is 12.9. The van der Waals surface area contributed by atoms with Crippen LogP contribution < -0.4 is 5.73 Å². The highest BCUT2D eigenvalue weighted by Crippen LogP contribution is 2.26. The van der Waals surface area contributed by atoms with Gasteiger partial charge in [-0.1, -0.05) is 18.5 Å². The van der Waals surface area contributed by atoms with Crippen LogP contribution in [0, 0.1) is 0 Å². The van der Waals surface area contributed by atoms with Crippen molar-refractivity contribution in [2.45, 2.75) is 39.3 Å². The van der Waals surface area contributed by atoms with E-state index >= 15 is 0 Å². The molecule has 2 heterocycles. The van der Waals surface area contributed by atoms with E-state index in [0.717, 1.165) is 35.1 Å². The topological polar surface area (TPSA) is 57.0 Å². The Bertz CT molecular complexity index is 505. The Morgan fingerprint density at radius 2 is 2.28 bits per heavy atom. The Kier molecular flexibility index (Phi) is 4.09. The van der Waals surface area contributed by atoms with Crippen molar-refractivity contribution in [2.75, 3.05) is 0 Å². The summed E-state index contributed by atoms with van der Waals surface area (Å²) >= 11 is 6.34. The molecule has 18 heavy (non-hydrogen) atoms. The van der Waals surface area contributed by atoms with Crippen molar-refractivity contribution in [1.29, 1.82) is 0 Å². The number of hydrogen-bond acceptors (Lipinski definition) is 3. The van der Waals surface area contributed by atoms with E-state index in [4.69, 9.17) is 21.8 Å². The molecule has 0 amide bonds. The summed E-state index contributed by atoms with van der Waals surface area (Å²) in [4.78, 5) is 0. The molecule has 1 unspecified atom stereocenters. The summed E-state index contributed by atoms with van der Waals surface area (Å²) in [6, 6.07) is 3.53. The third-order valence-corrected chi connectivity index (χ3v) is 3.45. The molecule has 2 aromatic rings. The molecular formula is C13H18ClN3O. The maximum Gasteiger partial charge on any atom is 0.120 e. The summed E-state index contributed by atoms with van der Waals surface area (Å²) in [5.41, 5.74) is 8.04. The van der Waals surface area contributed by atoms with Crippen LogP contribution in [0.25, 0.3) is 0 Å². The molecule has 0 radical (unpaired) electrons. The third kappa shape index (κ3) is 2.44. The highest BCUT2D eigenvalue weighted by molar-refractivity contribution is 6.31. The van der Waals surface area contributed by atoms with Crippen molar-refractivity contribution in [1.82, 2.24) is 9.78 Å². The lowest BCUT2D eigenvalue weighted by atomic mass is 10.1. The van der Waals surface area contributed by atoms with Crippen LogP contribution in [0.1, 0.15) is 37.0 Å². The van der Waals surface area contributed by atoms with E-state index < -0.39 is 0 Å². The molecule has 98 valence electrons. The van der Waals surface area contributed by atoms with Gasteiger partial charge in [-0.25, -0.2) is 0 Å². The molecule has 2 aromatic heterocycles. The standard InChI is InChI=1S/C13H18ClN3O/c1-3-10-13(14)11(17(4-2)16-10)8-9(15)12-6-5-7-18-12/h5-7,9H,3-4,8,15H2,1-2H3. The van der Waals surface area contributed by atoms with E-state index in [1.54, 1.807) is 6.26 Å². The van der Waals surface area contributed by atoms with Gasteiger partial charge in [-0.2, -0.15) is 5.10 Å². The number of aromatic nitrogens is 2. The second kappa shape index (κ2) is 5.59. The zero-order chi connectivity index (χ0) is 13.1. The van der Waals surface area contributed by atoms with Crippen molar-refractivity contribution in [3.63, 3.8) is 0 Å². The second-order valence-corrected chi connectivity index (χ2v) is 4.58. The molecule has 0 saturated heterocycles. The van der Waals surface area contributed by atoms with Crippen molar-refractivity contribution < 1.29 is 4.42 Å². The van der Waals surface area contributed by atoms with Crippen LogP contribution in [0.15, 0.2) is 22.8 Å². The number of hydrogen-bond donors (Lipinski definition) is 1. The number of furan rings is 1. The largest absolute Gasteiger partial charge is 0.468 e. The highest BCUT2D eigenvalue weighted by atomic mass is 35.5. The molecule has 1 atom stereocenters. The fraction of sp³-hybridized carbons (Fsp3) is 0.462. The predicted octanol–water partition coefficient (Wildman–Crippen LogP) is 2.95. The first-order valence-electron chi connectivity index (χ1n) is 6.20. The molecule has 0 fully saturated rings. The molecule has 5 heteroatoms. The van der Waals surface area contributed by atoms with E-state index in [2.05, 4.69) is 5.10 Å². The monoisotopic (exact) mass is 267 g/mol. The van der Waals surface area contributed by atoms with Gasteiger partial charge in [-0.15, -0.1) is 0 Å². The van der Waals surface area contributed by atoms with E-state index in [0.29, 0.717) is 6.42 Å². The molecule has 0 aromatic carbocycles. The first kappa shape index (κ1) is 13.2. The Labute approximate surface area is 112 Å². The summed E-state index contributed by atoms with van der Waals surface area (Å²) in [6.07, 6.45) is 3.09. The Morgan fingerprint density at radius 1 is 1.50 bits per heavy atom. The van der Waals surface area contributed by atoms with Crippen LogP contribution in [-0.4, -0.2) is 9.78 Å². The molecular weight excluding hydrogens is 250 g/mol. The van der Waals surface area contributed by atoms with Gasteiger partial charge >= 0.3 is 0 Å². The highest BCUT2D eigenvalue weighted by Gasteiger charge is 2.18. The molecule has 0 spiro atoms. The minimum absolute atomic E-state index is 0.191. The SMILES string of the molecule is CCc1nn(CC)c(CC(N)c2ccco2)c1Cl. The molecule has 0 bridgehead atoms. The number of nitrogens with zero attached hydrogens (tertiary/aromatic N) is 2. The lowest BCUT2D eigenvalue weighted by Gasteiger charge is -2.10. The number of aryl methyl sites for hydroxylation is 2. The fourth-order valence-corrected chi connectivity index (χ4v) is 2.37. The van der Waals surface area contributed by atoms with Crippen LogP contribution in [0.2, 0.25) is 5.02 Å². The van der Waals surface area contributed by atoms with Gasteiger partial charge in [0.25, 0.3) is 0 Å². The number of nitrogens with two attached hydrogens (primary N) is 1. The first-order chi connectivity index (χ1) is 8.67. The number of rotatable bonds is 5. The lowest BCUT2D eigenvalue weighted by Crippen LogP contribution is -2.15. The van der Waals surface area contributed by atoms with Crippen LogP contribution in [0.5, 0.6) is 0 Å². The van der Waals surface area contributed by atoms with Gasteiger partial charge in [-0.05, 0) is 25.5 Å². The quantitative estimate of drug-likeness (QED) is 0.906. The van der Waals surface area contributed by atoms with Gasteiger partial charge in [0.05, 0.1) is 28.7 Å². The third-order valence-electron chi connectivity index (χ3n) is 3.02. The summed E-state index contributed by atoms with van der Waals surface area (Å²) < 4.78 is 7.24. The summed E-state index contributed by atoms with van der Waals surface area (Å²) in [5, 5.41) is 5.22. The average molecular weight is 268 g/mol. The molecule has 4 nitrogen and oxygen atoms in total. The van der Waals surface area contributed by atoms with Gasteiger partial charge in [0.1, 0.15) is 5.76 Å². The fourth-order valence-electron chi connectivity index (χ4n) is 2.02. The van der Waals surface area contributed by atoms with E-state index in [1.165, 1.54) is 0 Å². The van der Waals surface area contributed by atoms with E-state index in [-0.39, 0.29) is 6.04 Å². The zero-order valence-corrected chi connectivity index (χ0v) is 11.4. The Hall–Kier alpha value is -1.26. The Morgan fingerprint density at radius 3 is 2.83 bits per heavy atom. The van der Waals surface area contributed by atoms with Crippen molar-refractivity contribution in [2.24, 2.45) is 5.73 Å². The van der Waals surface area contributed by atoms with Crippen molar-refractivity contribution in [3.8, 4) is 0 Å². The molecule has 2 rings (SSSR count). The molecule has 0 aliphatic rings. The summed E-state index contributed by atoms with van der Waals surface area (Å²) in [5.74, 6) is 0.771. The van der Waals surface area contributed by atoms with E-state index in [1.807, 2.05) is 30.7 Å². The Balaban J connectivity index is 2.25. The van der Waals surface area contributed by atoms with Crippen LogP contribution in [0.4, 0.5) is 0 Å². The minimum atomic E-state index is -0.191. The molecule has 0 saturated carbocycles. The maximum absolute atomic E-state index is 6.34. The lowest BCUT2D eigenvalue weighted by molar-refractivity contribution is 0.456. The van der Waals surface area contributed by atoms with Gasteiger partial charge in [0, 0.05) is 13.0 Å². The van der Waals surface area contributed by atoms with Crippen molar-refractivity contribution >= 4 is 11.6 Å². The van der Waals surface area contributed by atoms with Crippen LogP contribution >= 0.6 is 11.6 Å². The van der Waals surface area contributed by atoms with Gasteiger partial charge < -0.3 is 10.2 Å². The van der Waals surface area contributed by atoms with Gasteiger partial charge in [0.15, 0.2) is 0 Å². The number of halogens is 1. The van der Waals surface area contributed by atoms with Crippen LogP contribution in [-0.2, 0) is 19.4 Å². The van der Waals surface area contributed by atoms with E-state index in [9.17, 15) is 0 Å². The minimum Gasteiger partial charge on any atom is -0.468 e. The molecule has 2 N–H and O–H groups in total.